The van der Waals surface area contributed by atoms with Crippen molar-refractivity contribution in [3.05, 3.63) is 24.3 Å². The number of aromatic nitrogens is 2. The summed E-state index contributed by atoms with van der Waals surface area (Å²) in [4.78, 5) is 46.7. The lowest BCUT2D eigenvalue weighted by Crippen LogP contribution is -2.61. The van der Waals surface area contributed by atoms with Crippen molar-refractivity contribution in [1.29, 1.82) is 0 Å². The van der Waals surface area contributed by atoms with E-state index in [1.807, 2.05) is 0 Å². The normalized spacial score (nSPS) is 18.3. The van der Waals surface area contributed by atoms with Gasteiger partial charge >= 0.3 is 0 Å². The zero-order chi connectivity index (χ0) is 15.4. The molecular weight excluding hydrogens is 274 g/mol. The number of carbonyl (C=O) groups excluding carboxylic acids is 3. The minimum Gasteiger partial charge on any atom is -0.357 e. The molecule has 0 radical (unpaired) electrons. The minimum absolute atomic E-state index is 0.115. The minimum atomic E-state index is -0.720. The number of likely N-dealkylation sites (N-methyl/N-ethyl adjacent to an activating group) is 1. The first-order valence-corrected chi connectivity index (χ1v) is 6.58. The molecule has 1 fully saturated rings. The average Bonchev–Trinajstić information content (AvgIpc) is 2.53. The molecule has 21 heavy (non-hydrogen) atoms. The second-order valence-corrected chi connectivity index (χ2v) is 4.68. The van der Waals surface area contributed by atoms with Crippen LogP contribution in [-0.4, -0.2) is 70.2 Å². The monoisotopic (exact) mass is 291 g/mol. The van der Waals surface area contributed by atoms with Crippen molar-refractivity contribution >= 4 is 17.7 Å². The molecule has 0 bridgehead atoms. The number of carbonyl (C=O) groups is 3. The van der Waals surface area contributed by atoms with Crippen LogP contribution in [0.5, 0.6) is 0 Å². The highest BCUT2D eigenvalue weighted by molar-refractivity contribution is 5.96. The van der Waals surface area contributed by atoms with E-state index >= 15 is 0 Å². The topological polar surface area (TPSA) is 95.5 Å². The molecule has 8 nitrogen and oxygen atoms in total. The highest BCUT2D eigenvalue weighted by Gasteiger charge is 2.36. The molecular formula is C13H17N5O3. The third kappa shape index (κ3) is 3.15. The van der Waals surface area contributed by atoms with Crippen LogP contribution in [0.3, 0.4) is 0 Å². The summed E-state index contributed by atoms with van der Waals surface area (Å²) >= 11 is 0. The van der Waals surface area contributed by atoms with E-state index in [0.717, 1.165) is 0 Å². The van der Waals surface area contributed by atoms with Crippen LogP contribution in [-0.2, 0) is 9.59 Å². The molecule has 1 unspecified atom stereocenters. The third-order valence-electron chi connectivity index (χ3n) is 3.42. The van der Waals surface area contributed by atoms with Crippen molar-refractivity contribution in [2.24, 2.45) is 0 Å². The zero-order valence-corrected chi connectivity index (χ0v) is 11.9. The van der Waals surface area contributed by atoms with E-state index in [2.05, 4.69) is 15.3 Å². The number of hydrogen-bond acceptors (Lipinski definition) is 5. The zero-order valence-electron chi connectivity index (χ0n) is 11.9. The maximum absolute atomic E-state index is 12.4. The Labute approximate surface area is 122 Å². The summed E-state index contributed by atoms with van der Waals surface area (Å²) in [5, 5.41) is 2.52. The van der Waals surface area contributed by atoms with E-state index in [1.54, 1.807) is 4.90 Å². The van der Waals surface area contributed by atoms with E-state index in [0.29, 0.717) is 6.54 Å². The second kappa shape index (κ2) is 6.29. The fraction of sp³-hybridized carbons (Fsp3) is 0.462. The van der Waals surface area contributed by atoms with Crippen LogP contribution in [0.2, 0.25) is 0 Å². The van der Waals surface area contributed by atoms with Gasteiger partial charge in [-0.25, -0.2) is 4.98 Å². The molecule has 1 aromatic heterocycles. The largest absolute Gasteiger partial charge is 0.357 e. The van der Waals surface area contributed by atoms with Gasteiger partial charge in [0, 0.05) is 39.5 Å². The highest BCUT2D eigenvalue weighted by Crippen LogP contribution is 2.13. The molecule has 2 rings (SSSR count). The smallest absolute Gasteiger partial charge is 0.274 e. The molecule has 1 aromatic rings. The van der Waals surface area contributed by atoms with Crippen molar-refractivity contribution in [2.75, 3.05) is 26.7 Å². The second-order valence-electron chi connectivity index (χ2n) is 4.68. The Morgan fingerprint density at radius 1 is 1.29 bits per heavy atom. The van der Waals surface area contributed by atoms with Gasteiger partial charge in [-0.05, 0) is 0 Å². The van der Waals surface area contributed by atoms with Gasteiger partial charge in [0.05, 0.1) is 12.7 Å². The maximum Gasteiger partial charge on any atom is 0.274 e. The van der Waals surface area contributed by atoms with Crippen LogP contribution in [0.15, 0.2) is 18.6 Å². The van der Waals surface area contributed by atoms with Gasteiger partial charge in [-0.1, -0.05) is 0 Å². The number of hydrogen-bond donors (Lipinski definition) is 1. The summed E-state index contributed by atoms with van der Waals surface area (Å²) in [6.07, 6.45) is 4.26. The van der Waals surface area contributed by atoms with Crippen LogP contribution in [0.4, 0.5) is 0 Å². The fourth-order valence-corrected chi connectivity index (χ4v) is 2.26. The van der Waals surface area contributed by atoms with Crippen molar-refractivity contribution in [1.82, 2.24) is 25.1 Å². The predicted molar refractivity (Wildman–Crippen MR) is 73.2 cm³/mol. The van der Waals surface area contributed by atoms with Gasteiger partial charge < -0.3 is 15.1 Å². The van der Waals surface area contributed by atoms with Crippen molar-refractivity contribution < 1.29 is 14.4 Å². The van der Waals surface area contributed by atoms with Crippen LogP contribution in [0, 0.1) is 0 Å². The Morgan fingerprint density at radius 2 is 2.05 bits per heavy atom. The van der Waals surface area contributed by atoms with E-state index in [1.165, 1.54) is 37.5 Å². The first-order valence-electron chi connectivity index (χ1n) is 6.58. The number of nitrogens with one attached hydrogen (secondary N) is 1. The summed E-state index contributed by atoms with van der Waals surface area (Å²) in [5.41, 5.74) is 0.183. The lowest BCUT2D eigenvalue weighted by atomic mass is 10.1. The van der Waals surface area contributed by atoms with E-state index in [-0.39, 0.29) is 36.5 Å². The van der Waals surface area contributed by atoms with Crippen LogP contribution in [0.25, 0.3) is 0 Å². The van der Waals surface area contributed by atoms with Gasteiger partial charge in [0.1, 0.15) is 11.7 Å². The van der Waals surface area contributed by atoms with Gasteiger partial charge in [0.15, 0.2) is 0 Å². The molecule has 3 amide bonds. The Bertz CT molecular complexity index is 548. The van der Waals surface area contributed by atoms with Crippen LogP contribution >= 0.6 is 0 Å². The molecule has 8 heteroatoms. The van der Waals surface area contributed by atoms with Gasteiger partial charge in [-0.2, -0.15) is 0 Å². The molecule has 0 aromatic carbocycles. The molecule has 2 heterocycles. The molecule has 1 aliphatic heterocycles. The van der Waals surface area contributed by atoms with E-state index in [4.69, 9.17) is 0 Å². The first-order chi connectivity index (χ1) is 10.0. The maximum atomic E-state index is 12.4. The predicted octanol–water partition coefficient (Wildman–Crippen LogP) is -1.10. The van der Waals surface area contributed by atoms with Crippen LogP contribution < -0.4 is 5.32 Å². The lowest BCUT2D eigenvalue weighted by Gasteiger charge is -2.39. The number of rotatable bonds is 2. The molecule has 112 valence electrons. The van der Waals surface area contributed by atoms with Gasteiger partial charge in [-0.3, -0.25) is 19.4 Å². The van der Waals surface area contributed by atoms with Crippen molar-refractivity contribution in [3.8, 4) is 0 Å². The van der Waals surface area contributed by atoms with E-state index in [9.17, 15) is 14.4 Å². The summed E-state index contributed by atoms with van der Waals surface area (Å²) in [6.45, 7) is 2.31. The molecule has 0 saturated carbocycles. The van der Waals surface area contributed by atoms with Crippen LogP contribution in [0.1, 0.15) is 17.4 Å². The summed E-state index contributed by atoms with van der Waals surface area (Å²) in [6, 6.07) is -0.720. The Morgan fingerprint density at radius 3 is 2.62 bits per heavy atom. The molecule has 0 spiro atoms. The molecule has 0 aliphatic carbocycles. The van der Waals surface area contributed by atoms with Crippen molar-refractivity contribution in [2.45, 2.75) is 13.0 Å². The molecule has 1 aliphatic rings. The fourth-order valence-electron chi connectivity index (χ4n) is 2.26. The Balaban J connectivity index is 2.22. The highest BCUT2D eigenvalue weighted by atomic mass is 16.2. The number of piperazine rings is 1. The van der Waals surface area contributed by atoms with Gasteiger partial charge in [0.2, 0.25) is 11.8 Å². The van der Waals surface area contributed by atoms with E-state index < -0.39 is 6.04 Å². The summed E-state index contributed by atoms with van der Waals surface area (Å²) in [5.74, 6) is -0.784. The standard InChI is InChI=1S/C13H17N5O3/c1-9(19)17-5-6-18(11(8-17)12(20)14-2)13(21)10-7-15-3-4-16-10/h3-4,7,11H,5-6,8H2,1-2H3,(H,14,20). The lowest BCUT2D eigenvalue weighted by molar-refractivity contribution is -0.135. The Hall–Kier alpha value is -2.51. The molecule has 1 saturated heterocycles. The van der Waals surface area contributed by atoms with Gasteiger partial charge in [-0.15, -0.1) is 0 Å². The molecule has 1 N–H and O–H groups in total. The Kier molecular flexibility index (Phi) is 4.46. The van der Waals surface area contributed by atoms with Crippen molar-refractivity contribution in [3.63, 3.8) is 0 Å². The molecule has 1 atom stereocenters. The van der Waals surface area contributed by atoms with Gasteiger partial charge in [0.25, 0.3) is 5.91 Å². The summed E-state index contributed by atoms with van der Waals surface area (Å²) < 4.78 is 0. The number of nitrogens with zero attached hydrogens (tertiary/aromatic N) is 4. The first kappa shape index (κ1) is 14.9. The average molecular weight is 291 g/mol. The summed E-state index contributed by atoms with van der Waals surface area (Å²) in [7, 11) is 1.50. The number of amides is 3. The third-order valence-corrected chi connectivity index (χ3v) is 3.42. The quantitative estimate of drug-likeness (QED) is 0.746. The SMILES string of the molecule is CNC(=O)C1CN(C(C)=O)CCN1C(=O)c1cnccn1.